The maximum Gasteiger partial charge on any atom is 0.178 e. The summed E-state index contributed by atoms with van der Waals surface area (Å²) in [5.74, 6) is -0.204. The molecule has 1 aliphatic heterocycles. The first kappa shape index (κ1) is 15.3. The van der Waals surface area contributed by atoms with Crippen LogP contribution < -0.4 is 10.2 Å². The number of halogens is 2. The molecule has 1 heterocycles. The Morgan fingerprint density at radius 1 is 1.27 bits per heavy atom. The predicted molar refractivity (Wildman–Crippen MR) is 94.3 cm³/mol. The van der Waals surface area contributed by atoms with Crippen molar-refractivity contribution in [2.24, 2.45) is 0 Å². The highest BCUT2D eigenvalue weighted by Crippen LogP contribution is 2.32. The summed E-state index contributed by atoms with van der Waals surface area (Å²) >= 11 is 11.5. The van der Waals surface area contributed by atoms with Crippen molar-refractivity contribution in [2.75, 3.05) is 10.2 Å². The van der Waals surface area contributed by atoms with E-state index in [1.165, 1.54) is 6.07 Å². The molecule has 1 unspecified atom stereocenters. The van der Waals surface area contributed by atoms with Crippen LogP contribution in [-0.4, -0.2) is 11.2 Å². The zero-order valence-corrected chi connectivity index (χ0v) is 13.7. The van der Waals surface area contributed by atoms with E-state index in [0.717, 1.165) is 29.8 Å². The number of aryl methyl sites for hydroxylation is 1. The summed E-state index contributed by atoms with van der Waals surface area (Å²) in [6.45, 7) is 2.13. The van der Waals surface area contributed by atoms with Crippen LogP contribution in [0.1, 0.15) is 18.9 Å². The quantitative estimate of drug-likeness (QED) is 0.737. The summed E-state index contributed by atoms with van der Waals surface area (Å²) in [4.78, 5) is 2.06. The molecule has 2 aromatic carbocycles. The highest BCUT2D eigenvalue weighted by atomic mass is 35.5. The Hall–Kier alpha value is -1.65. The molecule has 1 atom stereocenters. The van der Waals surface area contributed by atoms with E-state index < -0.39 is 0 Å². The average molecular weight is 335 g/mol. The van der Waals surface area contributed by atoms with Gasteiger partial charge in [-0.25, -0.2) is 4.39 Å². The van der Waals surface area contributed by atoms with Crippen molar-refractivity contribution < 1.29 is 4.39 Å². The largest absolute Gasteiger partial charge is 0.332 e. The number of nitrogens with one attached hydrogen (secondary N) is 1. The van der Waals surface area contributed by atoms with Crippen LogP contribution in [0, 0.1) is 5.82 Å². The maximum atomic E-state index is 13.4. The lowest BCUT2D eigenvalue weighted by Gasteiger charge is -2.37. The summed E-state index contributed by atoms with van der Waals surface area (Å²) in [5, 5.41) is 4.53. The Kier molecular flexibility index (Phi) is 4.32. The van der Waals surface area contributed by atoms with E-state index >= 15 is 0 Å². The van der Waals surface area contributed by atoms with Gasteiger partial charge < -0.3 is 10.2 Å². The molecule has 0 aromatic heterocycles. The predicted octanol–water partition coefficient (Wildman–Crippen LogP) is 5.02. The van der Waals surface area contributed by atoms with Crippen LogP contribution in [-0.2, 0) is 6.42 Å². The van der Waals surface area contributed by atoms with Gasteiger partial charge in [0.15, 0.2) is 5.11 Å². The number of hydrogen-bond acceptors (Lipinski definition) is 1. The molecule has 0 radical (unpaired) electrons. The van der Waals surface area contributed by atoms with Crippen molar-refractivity contribution >= 4 is 40.3 Å². The molecule has 3 rings (SSSR count). The van der Waals surface area contributed by atoms with Gasteiger partial charge in [-0.05, 0) is 80.0 Å². The van der Waals surface area contributed by atoms with Crippen molar-refractivity contribution in [1.29, 1.82) is 0 Å². The first-order chi connectivity index (χ1) is 10.5. The van der Waals surface area contributed by atoms with Crippen molar-refractivity contribution in [2.45, 2.75) is 25.8 Å². The Labute approximate surface area is 139 Å². The third-order valence-electron chi connectivity index (χ3n) is 3.89. The van der Waals surface area contributed by atoms with Crippen LogP contribution >= 0.6 is 23.8 Å². The van der Waals surface area contributed by atoms with Gasteiger partial charge in [0, 0.05) is 22.4 Å². The van der Waals surface area contributed by atoms with Crippen molar-refractivity contribution in [3.05, 3.63) is 58.9 Å². The normalized spacial score (nSPS) is 17.0. The lowest BCUT2D eigenvalue weighted by atomic mass is 9.97. The van der Waals surface area contributed by atoms with Crippen LogP contribution in [0.15, 0.2) is 42.5 Å². The fourth-order valence-electron chi connectivity index (χ4n) is 2.75. The molecule has 2 aromatic rings. The number of nitrogens with zero attached hydrogens (tertiary/aromatic N) is 1. The van der Waals surface area contributed by atoms with Crippen molar-refractivity contribution in [3.8, 4) is 0 Å². The van der Waals surface area contributed by atoms with E-state index in [2.05, 4.69) is 17.1 Å². The van der Waals surface area contributed by atoms with Crippen molar-refractivity contribution in [3.63, 3.8) is 0 Å². The van der Waals surface area contributed by atoms with E-state index in [1.807, 2.05) is 24.3 Å². The van der Waals surface area contributed by atoms with Gasteiger partial charge in [0.05, 0.1) is 0 Å². The highest BCUT2D eigenvalue weighted by Gasteiger charge is 2.26. The van der Waals surface area contributed by atoms with Gasteiger partial charge in [-0.15, -0.1) is 0 Å². The molecule has 114 valence electrons. The zero-order chi connectivity index (χ0) is 15.7. The summed E-state index contributed by atoms with van der Waals surface area (Å²) < 4.78 is 13.4. The van der Waals surface area contributed by atoms with E-state index in [-0.39, 0.29) is 11.9 Å². The smallest absolute Gasteiger partial charge is 0.178 e. The maximum absolute atomic E-state index is 13.4. The van der Waals surface area contributed by atoms with Gasteiger partial charge in [0.2, 0.25) is 0 Å². The first-order valence-electron chi connectivity index (χ1n) is 7.19. The zero-order valence-electron chi connectivity index (χ0n) is 12.1. The second-order valence-electron chi connectivity index (χ2n) is 5.47. The Bertz CT molecular complexity index is 702. The number of fused-ring (bicyclic) bond motifs is 1. The van der Waals surface area contributed by atoms with Gasteiger partial charge in [-0.1, -0.05) is 11.6 Å². The summed E-state index contributed by atoms with van der Waals surface area (Å²) in [5.41, 5.74) is 2.86. The third kappa shape index (κ3) is 3.08. The molecule has 0 saturated carbocycles. The summed E-state index contributed by atoms with van der Waals surface area (Å²) in [6.07, 6.45) is 1.81. The third-order valence-corrected chi connectivity index (χ3v) is 4.44. The fourth-order valence-corrected chi connectivity index (χ4v) is 3.27. The van der Waals surface area contributed by atoms with Gasteiger partial charge in [-0.3, -0.25) is 0 Å². The Morgan fingerprint density at radius 3 is 2.73 bits per heavy atom. The van der Waals surface area contributed by atoms with E-state index in [4.69, 9.17) is 23.8 Å². The molecule has 0 fully saturated rings. The minimum absolute atomic E-state index is 0.204. The molecule has 22 heavy (non-hydrogen) atoms. The Balaban J connectivity index is 1.87. The molecule has 0 saturated heterocycles. The molecule has 0 spiro atoms. The van der Waals surface area contributed by atoms with E-state index in [1.54, 1.807) is 12.1 Å². The number of rotatable bonds is 1. The molecular formula is C17H16ClFN2S. The van der Waals surface area contributed by atoms with Gasteiger partial charge in [-0.2, -0.15) is 0 Å². The minimum Gasteiger partial charge on any atom is -0.332 e. The van der Waals surface area contributed by atoms with E-state index in [9.17, 15) is 4.39 Å². The molecule has 1 aliphatic rings. The first-order valence-corrected chi connectivity index (χ1v) is 7.97. The van der Waals surface area contributed by atoms with Crippen LogP contribution in [0.3, 0.4) is 0 Å². The fraction of sp³-hybridized carbons (Fsp3) is 0.235. The molecule has 1 N–H and O–H groups in total. The second kappa shape index (κ2) is 6.23. The highest BCUT2D eigenvalue weighted by molar-refractivity contribution is 7.80. The van der Waals surface area contributed by atoms with Crippen LogP contribution in [0.2, 0.25) is 5.02 Å². The molecule has 5 heteroatoms. The summed E-state index contributed by atoms with van der Waals surface area (Å²) in [6, 6.07) is 12.5. The number of thiocarbonyl (C=S) groups is 1. The lowest BCUT2D eigenvalue weighted by molar-refractivity contribution is 0.604. The Morgan fingerprint density at radius 2 is 2.00 bits per heavy atom. The summed E-state index contributed by atoms with van der Waals surface area (Å²) in [7, 11) is 0. The van der Waals surface area contributed by atoms with E-state index in [0.29, 0.717) is 10.1 Å². The van der Waals surface area contributed by atoms with Gasteiger partial charge in [0.1, 0.15) is 5.82 Å². The molecule has 2 nitrogen and oxygen atoms in total. The average Bonchev–Trinajstić information content (AvgIpc) is 2.49. The number of benzene rings is 2. The molecular weight excluding hydrogens is 319 g/mol. The molecule has 0 amide bonds. The number of hydrogen-bond donors (Lipinski definition) is 1. The SMILES string of the molecule is CC1CCc2cc(F)ccc2N1C(=S)Nc1ccc(Cl)cc1. The standard InChI is InChI=1S/C17H16ClFN2S/c1-11-2-3-12-10-14(19)6-9-16(12)21(11)17(22)20-15-7-4-13(18)5-8-15/h4-11H,2-3H2,1H3,(H,20,22). The van der Waals surface area contributed by atoms with Crippen molar-refractivity contribution in [1.82, 2.24) is 0 Å². The van der Waals surface area contributed by atoms with Crippen LogP contribution in [0.25, 0.3) is 0 Å². The molecule has 0 aliphatic carbocycles. The second-order valence-corrected chi connectivity index (χ2v) is 6.29. The van der Waals surface area contributed by atoms with Crippen LogP contribution in [0.4, 0.5) is 15.8 Å². The number of anilines is 2. The topological polar surface area (TPSA) is 15.3 Å². The minimum atomic E-state index is -0.204. The molecule has 0 bridgehead atoms. The van der Waals surface area contributed by atoms with Crippen LogP contribution in [0.5, 0.6) is 0 Å². The van der Waals surface area contributed by atoms with Gasteiger partial charge in [0.25, 0.3) is 0 Å². The lowest BCUT2D eigenvalue weighted by Crippen LogP contribution is -2.44. The van der Waals surface area contributed by atoms with Gasteiger partial charge >= 0.3 is 0 Å². The monoisotopic (exact) mass is 334 g/mol.